The minimum atomic E-state index is -4.47. The van der Waals surface area contributed by atoms with Crippen molar-refractivity contribution in [2.45, 2.75) is 23.8 Å². The van der Waals surface area contributed by atoms with Crippen LogP contribution in [-0.2, 0) is 33.7 Å². The standard InChI is InChI=1S/C18H18N2O10S/c1-9-13(16(23)24)20-14(22)12(15(20)31(26,27)17(9)30-18(25)28-2)19-11(21)8-29-10-6-4-3-5-7-10/h3-7,12,15,17H,8H2,1-2H3,(H,19,21)(H,23,24)/t12?,15-,17-/m1/s1. The minimum Gasteiger partial charge on any atom is -0.484 e. The summed E-state index contributed by atoms with van der Waals surface area (Å²) in [7, 11) is -3.53. The molecule has 2 aliphatic heterocycles. The summed E-state index contributed by atoms with van der Waals surface area (Å²) < 4.78 is 40.3. The number of amides is 2. The molecule has 0 bridgehead atoms. The zero-order valence-electron chi connectivity index (χ0n) is 16.3. The van der Waals surface area contributed by atoms with Crippen molar-refractivity contribution in [3.05, 3.63) is 41.6 Å². The maximum atomic E-state index is 13.0. The predicted molar refractivity (Wildman–Crippen MR) is 101 cm³/mol. The summed E-state index contributed by atoms with van der Waals surface area (Å²) in [5, 5.41) is 9.94. The zero-order valence-corrected chi connectivity index (χ0v) is 17.1. The van der Waals surface area contributed by atoms with E-state index in [9.17, 15) is 32.7 Å². The molecule has 31 heavy (non-hydrogen) atoms. The van der Waals surface area contributed by atoms with Crippen molar-refractivity contribution in [2.75, 3.05) is 13.7 Å². The fourth-order valence-electron chi connectivity index (χ4n) is 3.29. The molecule has 1 saturated heterocycles. The molecule has 0 radical (unpaired) electrons. The van der Waals surface area contributed by atoms with Gasteiger partial charge in [-0.3, -0.25) is 14.5 Å². The molecule has 1 unspecified atom stereocenters. The normalized spacial score (nSPS) is 23.9. The second-order valence-corrected chi connectivity index (χ2v) is 8.66. The lowest BCUT2D eigenvalue weighted by Gasteiger charge is -2.50. The number of carboxylic acids is 1. The molecule has 0 saturated carbocycles. The Bertz CT molecular complexity index is 1070. The van der Waals surface area contributed by atoms with E-state index < -0.39 is 62.9 Å². The quantitative estimate of drug-likeness (QED) is 0.427. The first kappa shape index (κ1) is 22.1. The van der Waals surface area contributed by atoms with Crippen LogP contribution in [0.2, 0.25) is 0 Å². The summed E-state index contributed by atoms with van der Waals surface area (Å²) >= 11 is 0. The van der Waals surface area contributed by atoms with Crippen LogP contribution in [0.25, 0.3) is 0 Å². The number of aliphatic carboxylic acids is 1. The summed E-state index contributed by atoms with van der Waals surface area (Å²) in [4.78, 5) is 48.4. The molecule has 0 aliphatic carbocycles. The highest BCUT2D eigenvalue weighted by atomic mass is 32.2. The number of nitrogens with zero attached hydrogens (tertiary/aromatic N) is 1. The first-order valence-corrected chi connectivity index (χ1v) is 10.4. The SMILES string of the molecule is COC(=O)O[C@H]1C(C)=C(C(=O)O)N2C(=O)C(NC(=O)COc3ccccc3)[C@H]2S1(=O)=O. The number of carboxylic acid groups (broad SMARTS) is 1. The third kappa shape index (κ3) is 3.91. The Morgan fingerprint density at radius 1 is 1.19 bits per heavy atom. The molecule has 1 aromatic carbocycles. The van der Waals surface area contributed by atoms with Gasteiger partial charge in [-0.05, 0) is 19.1 Å². The molecule has 0 aromatic heterocycles. The van der Waals surface area contributed by atoms with E-state index in [1.54, 1.807) is 30.3 Å². The van der Waals surface area contributed by atoms with Crippen LogP contribution >= 0.6 is 0 Å². The summed E-state index contributed by atoms with van der Waals surface area (Å²) in [6, 6.07) is 6.71. The summed E-state index contributed by atoms with van der Waals surface area (Å²) in [6.45, 7) is 0.598. The molecule has 2 amide bonds. The molecule has 2 N–H and O–H groups in total. The van der Waals surface area contributed by atoms with Gasteiger partial charge >= 0.3 is 12.1 Å². The van der Waals surface area contributed by atoms with Crippen molar-refractivity contribution in [1.29, 1.82) is 0 Å². The van der Waals surface area contributed by atoms with Gasteiger partial charge < -0.3 is 24.6 Å². The molecule has 166 valence electrons. The number of carbonyl (C=O) groups is 4. The Morgan fingerprint density at radius 3 is 2.42 bits per heavy atom. The van der Waals surface area contributed by atoms with Gasteiger partial charge in [-0.1, -0.05) is 18.2 Å². The molecule has 2 aliphatic rings. The van der Waals surface area contributed by atoms with Gasteiger partial charge in [0.2, 0.25) is 15.3 Å². The van der Waals surface area contributed by atoms with Crippen LogP contribution in [0.1, 0.15) is 6.92 Å². The summed E-state index contributed by atoms with van der Waals surface area (Å²) in [5.41, 5.74) is -3.02. The van der Waals surface area contributed by atoms with E-state index >= 15 is 0 Å². The van der Waals surface area contributed by atoms with Gasteiger partial charge in [0.05, 0.1) is 7.11 Å². The summed E-state index contributed by atoms with van der Waals surface area (Å²) in [6.07, 6.45) is -1.35. The Morgan fingerprint density at radius 2 is 1.84 bits per heavy atom. The lowest BCUT2D eigenvalue weighted by molar-refractivity contribution is -0.151. The lowest BCUT2D eigenvalue weighted by Crippen LogP contribution is -2.76. The van der Waals surface area contributed by atoms with Gasteiger partial charge in [-0.2, -0.15) is 0 Å². The summed E-state index contributed by atoms with van der Waals surface area (Å²) in [5.74, 6) is -2.95. The third-order valence-corrected chi connectivity index (χ3v) is 6.85. The van der Waals surface area contributed by atoms with Crippen molar-refractivity contribution in [2.24, 2.45) is 0 Å². The number of methoxy groups -OCH3 is 1. The van der Waals surface area contributed by atoms with Gasteiger partial charge in [0.25, 0.3) is 11.8 Å². The number of hydrogen-bond acceptors (Lipinski definition) is 9. The van der Waals surface area contributed by atoms with Crippen LogP contribution in [0.4, 0.5) is 4.79 Å². The minimum absolute atomic E-state index is 0.375. The van der Waals surface area contributed by atoms with Crippen LogP contribution in [0.15, 0.2) is 41.6 Å². The van der Waals surface area contributed by atoms with E-state index in [2.05, 4.69) is 10.1 Å². The predicted octanol–water partition coefficient (Wildman–Crippen LogP) is -0.385. The van der Waals surface area contributed by atoms with Crippen LogP contribution in [0, 0.1) is 0 Å². The molecule has 3 rings (SSSR count). The molecular formula is C18H18N2O10S. The average molecular weight is 454 g/mol. The number of hydrogen-bond donors (Lipinski definition) is 2. The largest absolute Gasteiger partial charge is 0.509 e. The fraction of sp³-hybridized carbons (Fsp3) is 0.333. The molecule has 1 aromatic rings. The molecule has 12 nitrogen and oxygen atoms in total. The topological polar surface area (TPSA) is 166 Å². The van der Waals surface area contributed by atoms with E-state index in [4.69, 9.17) is 9.47 Å². The van der Waals surface area contributed by atoms with Crippen molar-refractivity contribution in [3.8, 4) is 5.75 Å². The van der Waals surface area contributed by atoms with Crippen molar-refractivity contribution >= 4 is 33.8 Å². The van der Waals surface area contributed by atoms with E-state index in [-0.39, 0.29) is 5.57 Å². The molecule has 3 atom stereocenters. The smallest absolute Gasteiger partial charge is 0.484 e. The maximum Gasteiger partial charge on any atom is 0.509 e. The first-order valence-electron chi connectivity index (χ1n) is 8.81. The highest BCUT2D eigenvalue weighted by molar-refractivity contribution is 7.93. The Labute approximate surface area is 176 Å². The van der Waals surface area contributed by atoms with Gasteiger partial charge in [-0.15, -0.1) is 0 Å². The number of para-hydroxylation sites is 1. The number of rotatable bonds is 6. The molecule has 0 spiro atoms. The van der Waals surface area contributed by atoms with Crippen LogP contribution in [0.5, 0.6) is 5.75 Å². The number of nitrogens with one attached hydrogen (secondary N) is 1. The molecule has 1 fully saturated rings. The van der Waals surface area contributed by atoms with Crippen molar-refractivity contribution < 1.29 is 46.9 Å². The first-order chi connectivity index (χ1) is 14.6. The Kier molecular flexibility index (Phi) is 5.88. The van der Waals surface area contributed by atoms with Crippen molar-refractivity contribution in [3.63, 3.8) is 0 Å². The van der Waals surface area contributed by atoms with E-state index in [1.165, 1.54) is 0 Å². The van der Waals surface area contributed by atoms with Gasteiger partial charge in [0.1, 0.15) is 17.5 Å². The second kappa shape index (κ2) is 8.26. The lowest BCUT2D eigenvalue weighted by atomic mass is 10.0. The number of β-lactam (4-membered cyclic amide) rings is 1. The fourth-order valence-corrected chi connectivity index (χ4v) is 5.43. The molecule has 13 heteroatoms. The Balaban J connectivity index is 1.84. The second-order valence-electron chi connectivity index (χ2n) is 6.58. The van der Waals surface area contributed by atoms with E-state index in [0.717, 1.165) is 14.0 Å². The Hall–Kier alpha value is -3.61. The van der Waals surface area contributed by atoms with Crippen molar-refractivity contribution in [1.82, 2.24) is 10.2 Å². The van der Waals surface area contributed by atoms with Gasteiger partial charge in [0.15, 0.2) is 12.0 Å². The molecular weight excluding hydrogens is 436 g/mol. The van der Waals surface area contributed by atoms with Crippen LogP contribution < -0.4 is 10.1 Å². The highest BCUT2D eigenvalue weighted by Gasteiger charge is 2.64. The monoisotopic (exact) mass is 454 g/mol. The maximum absolute atomic E-state index is 13.0. The molecule has 2 heterocycles. The average Bonchev–Trinajstić information content (AvgIpc) is 2.73. The number of fused-ring (bicyclic) bond motifs is 1. The van der Waals surface area contributed by atoms with Gasteiger partial charge in [0, 0.05) is 5.57 Å². The van der Waals surface area contributed by atoms with Crippen LogP contribution in [0.3, 0.4) is 0 Å². The highest BCUT2D eigenvalue weighted by Crippen LogP contribution is 2.40. The van der Waals surface area contributed by atoms with Gasteiger partial charge in [-0.25, -0.2) is 18.0 Å². The van der Waals surface area contributed by atoms with Crippen LogP contribution in [-0.4, -0.2) is 72.9 Å². The number of carbonyl (C=O) groups excluding carboxylic acids is 3. The number of ether oxygens (including phenoxy) is 3. The third-order valence-electron chi connectivity index (χ3n) is 4.65. The van der Waals surface area contributed by atoms with E-state index in [1.807, 2.05) is 0 Å². The number of benzene rings is 1. The van der Waals surface area contributed by atoms with E-state index in [0.29, 0.717) is 10.6 Å². The number of sulfone groups is 1. The zero-order chi connectivity index (χ0) is 22.9.